The summed E-state index contributed by atoms with van der Waals surface area (Å²) in [5.41, 5.74) is 0.647. The lowest BCUT2D eigenvalue weighted by Gasteiger charge is -2.10. The van der Waals surface area contributed by atoms with Crippen LogP contribution in [0.3, 0.4) is 0 Å². The van der Waals surface area contributed by atoms with Crippen LogP contribution >= 0.6 is 15.9 Å². The van der Waals surface area contributed by atoms with E-state index in [9.17, 15) is 19.1 Å². The third-order valence-corrected chi connectivity index (χ3v) is 3.67. The maximum Gasteiger partial charge on any atom is 0.341 e. The molecule has 7 heteroatoms. The van der Waals surface area contributed by atoms with Crippen LogP contribution in [0.15, 0.2) is 40.9 Å². The highest BCUT2D eigenvalue weighted by Crippen LogP contribution is 2.28. The van der Waals surface area contributed by atoms with Crippen molar-refractivity contribution in [2.45, 2.75) is 6.42 Å². The number of nitrogens with one attached hydrogen (secondary N) is 1. The van der Waals surface area contributed by atoms with Crippen LogP contribution in [-0.4, -0.2) is 24.1 Å². The van der Waals surface area contributed by atoms with Gasteiger partial charge in [-0.15, -0.1) is 0 Å². The first-order valence-electron chi connectivity index (χ1n) is 6.56. The normalized spacial score (nSPS) is 10.2. The molecule has 0 aliphatic carbocycles. The van der Waals surface area contributed by atoms with Crippen molar-refractivity contribution in [2.75, 3.05) is 12.4 Å². The van der Waals surface area contributed by atoms with E-state index in [-0.39, 0.29) is 27.9 Å². The maximum absolute atomic E-state index is 13.2. The summed E-state index contributed by atoms with van der Waals surface area (Å²) in [6.45, 7) is 0. The number of esters is 1. The highest BCUT2D eigenvalue weighted by Gasteiger charge is 2.16. The number of methoxy groups -OCH3 is 1. The SMILES string of the molecule is COC(=O)c1cccc(NC(=O)Cc2ccc(F)c(Br)c2)c1O. The van der Waals surface area contributed by atoms with Gasteiger partial charge in [-0.3, -0.25) is 4.79 Å². The lowest BCUT2D eigenvalue weighted by Crippen LogP contribution is -2.15. The number of carbonyl (C=O) groups excluding carboxylic acids is 2. The molecule has 0 aliphatic heterocycles. The Balaban J connectivity index is 2.14. The van der Waals surface area contributed by atoms with Gasteiger partial charge in [-0.05, 0) is 45.8 Å². The van der Waals surface area contributed by atoms with Gasteiger partial charge in [0.15, 0.2) is 5.75 Å². The summed E-state index contributed by atoms with van der Waals surface area (Å²) in [7, 11) is 1.19. The monoisotopic (exact) mass is 381 g/mol. The molecule has 5 nitrogen and oxygen atoms in total. The number of phenolic OH excluding ortho intramolecular Hbond substituents is 1. The van der Waals surface area contributed by atoms with Crippen molar-refractivity contribution in [2.24, 2.45) is 0 Å². The molecular formula is C16H13BrFNO4. The van der Waals surface area contributed by atoms with Crippen molar-refractivity contribution in [1.29, 1.82) is 0 Å². The Labute approximate surface area is 140 Å². The minimum Gasteiger partial charge on any atom is -0.505 e. The molecule has 0 bridgehead atoms. The Morgan fingerprint density at radius 2 is 2.04 bits per heavy atom. The number of halogens is 2. The largest absolute Gasteiger partial charge is 0.505 e. The number of amides is 1. The fourth-order valence-electron chi connectivity index (χ4n) is 1.95. The van der Waals surface area contributed by atoms with Crippen LogP contribution in [0.1, 0.15) is 15.9 Å². The Bertz CT molecular complexity index is 764. The average molecular weight is 382 g/mol. The van der Waals surface area contributed by atoms with Crippen LogP contribution in [0.5, 0.6) is 5.75 Å². The van der Waals surface area contributed by atoms with Gasteiger partial charge in [0.05, 0.1) is 23.7 Å². The van der Waals surface area contributed by atoms with Crippen molar-refractivity contribution in [3.63, 3.8) is 0 Å². The molecule has 2 N–H and O–H groups in total. The summed E-state index contributed by atoms with van der Waals surface area (Å²) >= 11 is 3.05. The zero-order chi connectivity index (χ0) is 17.0. The van der Waals surface area contributed by atoms with Gasteiger partial charge in [-0.25, -0.2) is 9.18 Å². The molecule has 120 valence electrons. The van der Waals surface area contributed by atoms with E-state index in [1.54, 1.807) is 0 Å². The zero-order valence-corrected chi connectivity index (χ0v) is 13.7. The van der Waals surface area contributed by atoms with Gasteiger partial charge in [0.2, 0.25) is 5.91 Å². The Morgan fingerprint density at radius 1 is 1.30 bits per heavy atom. The molecule has 0 saturated carbocycles. The van der Waals surface area contributed by atoms with E-state index in [0.717, 1.165) is 0 Å². The van der Waals surface area contributed by atoms with Crippen molar-refractivity contribution < 1.29 is 23.8 Å². The molecule has 23 heavy (non-hydrogen) atoms. The van der Waals surface area contributed by atoms with Gasteiger partial charge in [0.25, 0.3) is 0 Å². The lowest BCUT2D eigenvalue weighted by atomic mass is 10.1. The highest BCUT2D eigenvalue weighted by molar-refractivity contribution is 9.10. The smallest absolute Gasteiger partial charge is 0.341 e. The molecule has 0 saturated heterocycles. The first kappa shape index (κ1) is 17.0. The van der Waals surface area contributed by atoms with E-state index < -0.39 is 17.7 Å². The first-order valence-corrected chi connectivity index (χ1v) is 7.35. The van der Waals surface area contributed by atoms with Gasteiger partial charge in [0.1, 0.15) is 11.4 Å². The summed E-state index contributed by atoms with van der Waals surface area (Å²) in [6, 6.07) is 8.59. The first-order chi connectivity index (χ1) is 10.9. The van der Waals surface area contributed by atoms with E-state index in [0.29, 0.717) is 5.56 Å². The number of anilines is 1. The van der Waals surface area contributed by atoms with E-state index in [4.69, 9.17) is 0 Å². The van der Waals surface area contributed by atoms with Crippen molar-refractivity contribution >= 4 is 33.5 Å². The molecule has 2 rings (SSSR count). The molecule has 0 unspecified atom stereocenters. The van der Waals surface area contributed by atoms with Gasteiger partial charge >= 0.3 is 5.97 Å². The molecule has 0 radical (unpaired) electrons. The molecule has 2 aromatic rings. The summed E-state index contributed by atoms with van der Waals surface area (Å²) in [5, 5.41) is 12.5. The van der Waals surface area contributed by atoms with Gasteiger partial charge in [-0.1, -0.05) is 12.1 Å². The second kappa shape index (κ2) is 7.23. The molecule has 0 fully saturated rings. The number of ether oxygens (including phenoxy) is 1. The summed E-state index contributed by atoms with van der Waals surface area (Å²) < 4.78 is 18.0. The quantitative estimate of drug-likeness (QED) is 0.629. The van der Waals surface area contributed by atoms with Crippen LogP contribution in [0.2, 0.25) is 0 Å². The fraction of sp³-hybridized carbons (Fsp3) is 0.125. The van der Waals surface area contributed by atoms with Crippen LogP contribution in [0.4, 0.5) is 10.1 Å². The second-order valence-electron chi connectivity index (χ2n) is 4.67. The molecule has 0 atom stereocenters. The molecule has 0 heterocycles. The summed E-state index contributed by atoms with van der Waals surface area (Å²) in [4.78, 5) is 23.5. The Kier molecular flexibility index (Phi) is 5.33. The predicted molar refractivity (Wildman–Crippen MR) is 85.9 cm³/mol. The third kappa shape index (κ3) is 4.07. The van der Waals surface area contributed by atoms with E-state index >= 15 is 0 Å². The van der Waals surface area contributed by atoms with Gasteiger partial charge in [0, 0.05) is 0 Å². The summed E-state index contributed by atoms with van der Waals surface area (Å²) in [6.07, 6.45) is -0.0131. The van der Waals surface area contributed by atoms with Gasteiger partial charge in [-0.2, -0.15) is 0 Å². The van der Waals surface area contributed by atoms with Crippen LogP contribution in [0.25, 0.3) is 0 Å². The lowest BCUT2D eigenvalue weighted by molar-refractivity contribution is -0.115. The number of rotatable bonds is 4. The number of hydrogen-bond acceptors (Lipinski definition) is 4. The predicted octanol–water partition coefficient (Wildman–Crippen LogP) is 3.26. The van der Waals surface area contributed by atoms with E-state index in [2.05, 4.69) is 26.0 Å². The van der Waals surface area contributed by atoms with Crippen molar-refractivity contribution in [1.82, 2.24) is 0 Å². The molecule has 0 aliphatic rings. The number of benzene rings is 2. The van der Waals surface area contributed by atoms with Crippen LogP contribution < -0.4 is 5.32 Å². The fourth-order valence-corrected chi connectivity index (χ4v) is 2.37. The van der Waals surface area contributed by atoms with E-state index in [1.807, 2.05) is 0 Å². The third-order valence-electron chi connectivity index (χ3n) is 3.06. The molecule has 0 spiro atoms. The number of aromatic hydroxyl groups is 1. The van der Waals surface area contributed by atoms with E-state index in [1.165, 1.54) is 43.5 Å². The summed E-state index contributed by atoms with van der Waals surface area (Å²) in [5.74, 6) is -1.91. The number of carbonyl (C=O) groups is 2. The number of para-hydroxylation sites is 1. The number of hydrogen-bond donors (Lipinski definition) is 2. The molecular weight excluding hydrogens is 369 g/mol. The molecule has 2 aromatic carbocycles. The second-order valence-corrected chi connectivity index (χ2v) is 5.52. The van der Waals surface area contributed by atoms with Gasteiger partial charge < -0.3 is 15.2 Å². The molecule has 1 amide bonds. The standard InChI is InChI=1S/C16H13BrFNO4/c1-23-16(22)10-3-2-4-13(15(10)21)19-14(20)8-9-5-6-12(18)11(17)7-9/h2-7,21H,8H2,1H3,(H,19,20). The maximum atomic E-state index is 13.2. The Hall–Kier alpha value is -2.41. The minimum absolute atomic E-state index is 0.0131. The minimum atomic E-state index is -0.707. The highest BCUT2D eigenvalue weighted by atomic mass is 79.9. The Morgan fingerprint density at radius 3 is 2.70 bits per heavy atom. The van der Waals surface area contributed by atoms with Crippen molar-refractivity contribution in [3.8, 4) is 5.75 Å². The van der Waals surface area contributed by atoms with Crippen LogP contribution in [0, 0.1) is 5.82 Å². The number of phenols is 1. The zero-order valence-electron chi connectivity index (χ0n) is 12.1. The van der Waals surface area contributed by atoms with Crippen LogP contribution in [-0.2, 0) is 16.0 Å². The van der Waals surface area contributed by atoms with Crippen molar-refractivity contribution in [3.05, 3.63) is 57.8 Å². The average Bonchev–Trinajstić information content (AvgIpc) is 2.52. The molecule has 0 aromatic heterocycles. The topological polar surface area (TPSA) is 75.6 Å².